The first-order chi connectivity index (χ1) is 8.25. The molecule has 0 atom stereocenters. The van der Waals surface area contributed by atoms with Gasteiger partial charge in [0.1, 0.15) is 11.6 Å². The van der Waals surface area contributed by atoms with Gasteiger partial charge in [0.2, 0.25) is 0 Å². The number of fused-ring (bicyclic) bond motifs is 1. The number of nitrogens with zero attached hydrogens (tertiary/aromatic N) is 2. The number of rotatable bonds is 1. The maximum Gasteiger partial charge on any atom is 0.130 e. The fraction of sp³-hybridized carbons (Fsp3) is 0.308. The van der Waals surface area contributed by atoms with Gasteiger partial charge in [0, 0.05) is 5.56 Å². The highest BCUT2D eigenvalue weighted by Crippen LogP contribution is 2.27. The number of benzene rings is 1. The van der Waals surface area contributed by atoms with E-state index in [1.165, 1.54) is 30.5 Å². The summed E-state index contributed by atoms with van der Waals surface area (Å²) in [5.41, 5.74) is 9.18. The summed E-state index contributed by atoms with van der Waals surface area (Å²) in [5, 5.41) is 4.52. The highest BCUT2D eigenvalue weighted by atomic mass is 19.1. The van der Waals surface area contributed by atoms with Crippen LogP contribution in [-0.4, -0.2) is 9.78 Å². The number of nitrogens with two attached hydrogens (primary N) is 1. The molecule has 1 heterocycles. The van der Waals surface area contributed by atoms with Crippen molar-refractivity contribution < 1.29 is 4.39 Å². The number of hydrogen-bond acceptors (Lipinski definition) is 2. The zero-order valence-electron chi connectivity index (χ0n) is 9.49. The average molecular weight is 231 g/mol. The van der Waals surface area contributed by atoms with E-state index in [9.17, 15) is 4.39 Å². The minimum Gasteiger partial charge on any atom is -0.383 e. The Morgan fingerprint density at radius 3 is 2.53 bits per heavy atom. The smallest absolute Gasteiger partial charge is 0.130 e. The van der Waals surface area contributed by atoms with E-state index in [1.54, 1.807) is 16.8 Å². The molecule has 0 unspecified atom stereocenters. The zero-order valence-corrected chi connectivity index (χ0v) is 9.49. The molecule has 1 aromatic heterocycles. The lowest BCUT2D eigenvalue weighted by atomic mass is 9.98. The highest BCUT2D eigenvalue weighted by molar-refractivity contribution is 5.50. The Kier molecular flexibility index (Phi) is 2.35. The Hall–Kier alpha value is -1.84. The van der Waals surface area contributed by atoms with Gasteiger partial charge >= 0.3 is 0 Å². The molecule has 0 aliphatic heterocycles. The number of anilines is 1. The van der Waals surface area contributed by atoms with Gasteiger partial charge in [-0.25, -0.2) is 9.07 Å². The molecule has 2 aromatic rings. The molecule has 2 N–H and O–H groups in total. The molecule has 4 heteroatoms. The summed E-state index contributed by atoms with van der Waals surface area (Å²) >= 11 is 0. The molecule has 0 fully saturated rings. The SMILES string of the molecule is Nc1c2c(nn1-c1ccc(F)cc1)CCCC2. The lowest BCUT2D eigenvalue weighted by Gasteiger charge is -2.08. The number of halogens is 1. The van der Waals surface area contributed by atoms with Crippen molar-refractivity contribution in [2.45, 2.75) is 25.7 Å². The van der Waals surface area contributed by atoms with Gasteiger partial charge in [0.05, 0.1) is 11.4 Å². The Balaban J connectivity index is 2.09. The molecule has 3 nitrogen and oxygen atoms in total. The third-order valence-electron chi connectivity index (χ3n) is 3.27. The van der Waals surface area contributed by atoms with E-state index < -0.39 is 0 Å². The molecule has 17 heavy (non-hydrogen) atoms. The first kappa shape index (κ1) is 10.3. The van der Waals surface area contributed by atoms with E-state index >= 15 is 0 Å². The Labute approximate surface area is 99.1 Å². The third-order valence-corrected chi connectivity index (χ3v) is 3.27. The second-order valence-electron chi connectivity index (χ2n) is 4.41. The van der Waals surface area contributed by atoms with E-state index in [0.29, 0.717) is 5.82 Å². The number of nitrogen functional groups attached to an aromatic ring is 1. The van der Waals surface area contributed by atoms with Crippen molar-refractivity contribution in [1.82, 2.24) is 9.78 Å². The predicted molar refractivity (Wildman–Crippen MR) is 64.6 cm³/mol. The third kappa shape index (κ3) is 1.69. The first-order valence-corrected chi connectivity index (χ1v) is 5.88. The summed E-state index contributed by atoms with van der Waals surface area (Å²) in [4.78, 5) is 0. The monoisotopic (exact) mass is 231 g/mol. The molecular formula is C13H14FN3. The van der Waals surface area contributed by atoms with Crippen LogP contribution in [0, 0.1) is 5.82 Å². The van der Waals surface area contributed by atoms with Crippen molar-refractivity contribution in [3.05, 3.63) is 41.3 Å². The molecular weight excluding hydrogens is 217 g/mol. The minimum absolute atomic E-state index is 0.246. The summed E-state index contributed by atoms with van der Waals surface area (Å²) in [5.74, 6) is 0.454. The number of aryl methyl sites for hydroxylation is 1. The molecule has 1 aromatic carbocycles. The summed E-state index contributed by atoms with van der Waals surface area (Å²) in [6.07, 6.45) is 4.34. The quantitative estimate of drug-likeness (QED) is 0.819. The summed E-state index contributed by atoms with van der Waals surface area (Å²) in [7, 11) is 0. The van der Waals surface area contributed by atoms with Crippen molar-refractivity contribution in [2.24, 2.45) is 0 Å². The van der Waals surface area contributed by atoms with Gasteiger partial charge < -0.3 is 5.73 Å². The van der Waals surface area contributed by atoms with Crippen molar-refractivity contribution in [1.29, 1.82) is 0 Å². The fourth-order valence-electron chi connectivity index (χ4n) is 2.36. The molecule has 0 bridgehead atoms. The molecule has 88 valence electrons. The normalized spacial score (nSPS) is 14.6. The van der Waals surface area contributed by atoms with Gasteiger partial charge in [-0.1, -0.05) is 0 Å². The van der Waals surface area contributed by atoms with Gasteiger partial charge in [-0.2, -0.15) is 5.10 Å². The van der Waals surface area contributed by atoms with Gasteiger partial charge in [-0.15, -0.1) is 0 Å². The van der Waals surface area contributed by atoms with Gasteiger partial charge in [-0.3, -0.25) is 0 Å². The summed E-state index contributed by atoms with van der Waals surface area (Å²) in [6.45, 7) is 0. The van der Waals surface area contributed by atoms with E-state index in [1.807, 2.05) is 0 Å². The Morgan fingerprint density at radius 2 is 1.82 bits per heavy atom. The van der Waals surface area contributed by atoms with Crippen molar-refractivity contribution >= 4 is 5.82 Å². The zero-order chi connectivity index (χ0) is 11.8. The van der Waals surface area contributed by atoms with Gasteiger partial charge in [0.25, 0.3) is 0 Å². The number of aromatic nitrogens is 2. The lowest BCUT2D eigenvalue weighted by molar-refractivity contribution is 0.627. The van der Waals surface area contributed by atoms with Crippen LogP contribution in [0.4, 0.5) is 10.2 Å². The standard InChI is InChI=1S/C13H14FN3/c14-9-5-7-10(8-6-9)17-13(15)11-3-1-2-4-12(11)16-17/h5-8H,1-4,15H2. The largest absolute Gasteiger partial charge is 0.383 e. The maximum atomic E-state index is 12.9. The summed E-state index contributed by atoms with van der Waals surface area (Å²) < 4.78 is 14.6. The highest BCUT2D eigenvalue weighted by Gasteiger charge is 2.19. The molecule has 0 radical (unpaired) electrons. The number of hydrogen-bond donors (Lipinski definition) is 1. The first-order valence-electron chi connectivity index (χ1n) is 5.88. The Bertz CT molecular complexity index is 543. The van der Waals surface area contributed by atoms with E-state index in [2.05, 4.69) is 5.10 Å². The second kappa shape index (κ2) is 3.87. The van der Waals surface area contributed by atoms with Crippen LogP contribution in [0.1, 0.15) is 24.1 Å². The Morgan fingerprint density at radius 1 is 1.12 bits per heavy atom. The minimum atomic E-state index is -0.246. The molecule has 3 rings (SSSR count). The van der Waals surface area contributed by atoms with Crippen molar-refractivity contribution in [3.8, 4) is 5.69 Å². The van der Waals surface area contributed by atoms with Crippen LogP contribution in [0.5, 0.6) is 0 Å². The average Bonchev–Trinajstić information content (AvgIpc) is 2.69. The molecule has 1 aliphatic rings. The van der Waals surface area contributed by atoms with Crippen LogP contribution >= 0.6 is 0 Å². The van der Waals surface area contributed by atoms with Crippen LogP contribution < -0.4 is 5.73 Å². The van der Waals surface area contributed by atoms with Crippen LogP contribution in [0.15, 0.2) is 24.3 Å². The molecule has 1 aliphatic carbocycles. The van der Waals surface area contributed by atoms with Crippen molar-refractivity contribution in [3.63, 3.8) is 0 Å². The van der Waals surface area contributed by atoms with Crippen LogP contribution in [0.25, 0.3) is 5.69 Å². The maximum absolute atomic E-state index is 12.9. The summed E-state index contributed by atoms with van der Waals surface area (Å²) in [6, 6.07) is 6.25. The predicted octanol–water partition coefficient (Wildman–Crippen LogP) is 2.47. The fourth-order valence-corrected chi connectivity index (χ4v) is 2.36. The molecule has 0 saturated heterocycles. The van der Waals surface area contributed by atoms with E-state index in [-0.39, 0.29) is 5.82 Å². The second-order valence-corrected chi connectivity index (χ2v) is 4.41. The van der Waals surface area contributed by atoms with E-state index in [0.717, 1.165) is 24.2 Å². The lowest BCUT2D eigenvalue weighted by Crippen LogP contribution is -2.03. The van der Waals surface area contributed by atoms with Crippen LogP contribution in [0.2, 0.25) is 0 Å². The molecule has 0 spiro atoms. The molecule has 0 amide bonds. The van der Waals surface area contributed by atoms with Crippen molar-refractivity contribution in [2.75, 3.05) is 5.73 Å². The van der Waals surface area contributed by atoms with E-state index in [4.69, 9.17) is 5.73 Å². The van der Waals surface area contributed by atoms with Gasteiger partial charge in [-0.05, 0) is 49.9 Å². The molecule has 0 saturated carbocycles. The van der Waals surface area contributed by atoms with Crippen LogP contribution in [0.3, 0.4) is 0 Å². The topological polar surface area (TPSA) is 43.8 Å². The van der Waals surface area contributed by atoms with Crippen LogP contribution in [-0.2, 0) is 12.8 Å². The van der Waals surface area contributed by atoms with Gasteiger partial charge in [0.15, 0.2) is 0 Å².